The number of methoxy groups -OCH3 is 1. The van der Waals surface area contributed by atoms with Crippen LogP contribution >= 0.6 is 11.8 Å². The predicted octanol–water partition coefficient (Wildman–Crippen LogP) is 3.83. The molecular formula is C21H18N4O5S. The smallest absolute Gasteiger partial charge is 0.311 e. The third-order valence-corrected chi connectivity index (χ3v) is 5.03. The number of nitrogens with zero attached hydrogens (tertiary/aromatic N) is 3. The van der Waals surface area contributed by atoms with Gasteiger partial charge in [-0.3, -0.25) is 14.9 Å². The van der Waals surface area contributed by atoms with Crippen molar-refractivity contribution in [1.82, 2.24) is 9.97 Å². The van der Waals surface area contributed by atoms with Crippen LogP contribution < -0.4 is 15.0 Å². The van der Waals surface area contributed by atoms with E-state index >= 15 is 0 Å². The first-order valence-corrected chi connectivity index (χ1v) is 10.2. The van der Waals surface area contributed by atoms with Crippen molar-refractivity contribution in [3.8, 4) is 28.8 Å². The van der Waals surface area contributed by atoms with Crippen LogP contribution in [0.15, 0.2) is 46.3 Å². The number of thioether (sulfide) groups is 1. The molecule has 0 saturated carbocycles. The summed E-state index contributed by atoms with van der Waals surface area (Å²) in [6, 6.07) is 11.6. The summed E-state index contributed by atoms with van der Waals surface area (Å²) in [5.74, 6) is 0.617. The standard InChI is InChI=1S/C21H18N4O5S/c1-12-4-6-18(16(8-12)25(27)28)30-11-14-9-13(5-7-17(14)29-2)19-15(10-22)20(26)24-21(23-19)31-3/h4-9H,11H2,1-3H3,(H,23,24,26). The van der Waals surface area contributed by atoms with Gasteiger partial charge in [-0.15, -0.1) is 0 Å². The lowest BCUT2D eigenvalue weighted by molar-refractivity contribution is -0.386. The largest absolute Gasteiger partial charge is 0.496 e. The molecule has 0 amide bonds. The number of nitro groups is 1. The van der Waals surface area contributed by atoms with Crippen LogP contribution in [0.5, 0.6) is 11.5 Å². The van der Waals surface area contributed by atoms with E-state index in [-0.39, 0.29) is 29.3 Å². The molecule has 1 heterocycles. The van der Waals surface area contributed by atoms with Gasteiger partial charge >= 0.3 is 5.69 Å². The van der Waals surface area contributed by atoms with Crippen LogP contribution in [0, 0.1) is 28.4 Å². The monoisotopic (exact) mass is 438 g/mol. The molecule has 9 nitrogen and oxygen atoms in total. The van der Waals surface area contributed by atoms with Gasteiger partial charge < -0.3 is 14.5 Å². The average Bonchev–Trinajstić information content (AvgIpc) is 2.77. The van der Waals surface area contributed by atoms with Crippen molar-refractivity contribution >= 4 is 17.4 Å². The van der Waals surface area contributed by atoms with Crippen LogP contribution in [-0.2, 0) is 6.61 Å². The van der Waals surface area contributed by atoms with Gasteiger partial charge in [0.15, 0.2) is 10.9 Å². The minimum absolute atomic E-state index is 0.0264. The van der Waals surface area contributed by atoms with E-state index in [0.29, 0.717) is 22.0 Å². The van der Waals surface area contributed by atoms with E-state index in [1.54, 1.807) is 43.5 Å². The van der Waals surface area contributed by atoms with E-state index in [1.807, 2.05) is 6.07 Å². The van der Waals surface area contributed by atoms with Crippen molar-refractivity contribution in [2.75, 3.05) is 13.4 Å². The third kappa shape index (κ3) is 4.67. The van der Waals surface area contributed by atoms with Crippen molar-refractivity contribution in [1.29, 1.82) is 5.26 Å². The topological polar surface area (TPSA) is 131 Å². The Labute approximate surface area is 181 Å². The predicted molar refractivity (Wildman–Crippen MR) is 116 cm³/mol. The quantitative estimate of drug-likeness (QED) is 0.255. The Morgan fingerprint density at radius 3 is 2.65 bits per heavy atom. The first-order valence-electron chi connectivity index (χ1n) is 9.01. The van der Waals surface area contributed by atoms with Gasteiger partial charge in [0.1, 0.15) is 24.0 Å². The maximum absolute atomic E-state index is 12.2. The van der Waals surface area contributed by atoms with Gasteiger partial charge in [0.05, 0.1) is 17.7 Å². The van der Waals surface area contributed by atoms with E-state index in [1.165, 1.54) is 24.9 Å². The zero-order valence-corrected chi connectivity index (χ0v) is 17.8. The van der Waals surface area contributed by atoms with Crippen molar-refractivity contribution < 1.29 is 14.4 Å². The lowest BCUT2D eigenvalue weighted by atomic mass is 10.0. The molecule has 31 heavy (non-hydrogen) atoms. The number of H-pyrrole nitrogens is 1. The molecule has 0 unspecified atom stereocenters. The number of aryl methyl sites for hydroxylation is 1. The lowest BCUT2D eigenvalue weighted by Gasteiger charge is -2.13. The Morgan fingerprint density at radius 2 is 2.00 bits per heavy atom. The highest BCUT2D eigenvalue weighted by Crippen LogP contribution is 2.31. The molecule has 1 N–H and O–H groups in total. The molecule has 10 heteroatoms. The number of nitrogens with one attached hydrogen (secondary N) is 1. The zero-order valence-electron chi connectivity index (χ0n) is 17.0. The number of hydrogen-bond acceptors (Lipinski definition) is 8. The van der Waals surface area contributed by atoms with Gasteiger partial charge in [-0.05, 0) is 43.0 Å². The van der Waals surface area contributed by atoms with Crippen molar-refractivity contribution in [2.45, 2.75) is 18.7 Å². The van der Waals surface area contributed by atoms with Crippen LogP contribution in [0.25, 0.3) is 11.3 Å². The Morgan fingerprint density at radius 1 is 1.26 bits per heavy atom. The molecule has 1 aromatic heterocycles. The lowest BCUT2D eigenvalue weighted by Crippen LogP contribution is -2.14. The van der Waals surface area contributed by atoms with E-state index in [0.717, 1.165) is 5.56 Å². The molecule has 0 aliphatic heterocycles. The summed E-state index contributed by atoms with van der Waals surface area (Å²) in [7, 11) is 1.49. The van der Waals surface area contributed by atoms with Gasteiger partial charge in [-0.2, -0.15) is 5.26 Å². The average molecular weight is 438 g/mol. The number of benzene rings is 2. The number of rotatable bonds is 7. The maximum atomic E-state index is 12.2. The fourth-order valence-electron chi connectivity index (χ4n) is 2.95. The molecule has 0 atom stereocenters. The SMILES string of the molecule is COc1ccc(-c2nc(SC)[nH]c(=O)c2C#N)cc1COc1ccc(C)cc1[N+](=O)[O-]. The van der Waals surface area contributed by atoms with Crippen LogP contribution in [0.4, 0.5) is 5.69 Å². The summed E-state index contributed by atoms with van der Waals surface area (Å²) in [6.07, 6.45) is 1.76. The Kier molecular flexibility index (Phi) is 6.57. The summed E-state index contributed by atoms with van der Waals surface area (Å²) in [4.78, 5) is 30.0. The summed E-state index contributed by atoms with van der Waals surface area (Å²) < 4.78 is 11.1. The van der Waals surface area contributed by atoms with Gasteiger partial charge in [0.25, 0.3) is 5.56 Å². The zero-order chi connectivity index (χ0) is 22.5. The van der Waals surface area contributed by atoms with E-state index in [2.05, 4.69) is 9.97 Å². The first kappa shape index (κ1) is 21.9. The van der Waals surface area contributed by atoms with E-state index in [4.69, 9.17) is 9.47 Å². The van der Waals surface area contributed by atoms with Gasteiger partial charge in [0, 0.05) is 17.2 Å². The van der Waals surface area contributed by atoms with Crippen LogP contribution in [0.3, 0.4) is 0 Å². The molecule has 0 aliphatic rings. The molecule has 0 aliphatic carbocycles. The number of nitriles is 1. The number of ether oxygens (including phenoxy) is 2. The van der Waals surface area contributed by atoms with Gasteiger partial charge in [-0.1, -0.05) is 17.8 Å². The third-order valence-electron chi connectivity index (χ3n) is 4.45. The Bertz CT molecular complexity index is 1250. The van der Waals surface area contributed by atoms with Crippen LogP contribution in [-0.4, -0.2) is 28.3 Å². The molecule has 0 fully saturated rings. The number of nitro benzene ring substituents is 1. The molecule has 0 spiro atoms. The highest BCUT2D eigenvalue weighted by Gasteiger charge is 2.18. The highest BCUT2D eigenvalue weighted by atomic mass is 32.2. The number of aromatic amines is 1. The minimum Gasteiger partial charge on any atom is -0.496 e. The van der Waals surface area contributed by atoms with Crippen molar-refractivity contribution in [3.05, 3.63) is 73.6 Å². The number of aromatic nitrogens is 2. The van der Waals surface area contributed by atoms with Crippen LogP contribution in [0.1, 0.15) is 16.7 Å². The second-order valence-corrected chi connectivity index (χ2v) is 7.25. The Balaban J connectivity index is 2.02. The van der Waals surface area contributed by atoms with Gasteiger partial charge in [-0.25, -0.2) is 4.98 Å². The maximum Gasteiger partial charge on any atom is 0.311 e. The first-order chi connectivity index (χ1) is 14.9. The molecule has 0 saturated heterocycles. The fourth-order valence-corrected chi connectivity index (χ4v) is 3.33. The molecule has 158 valence electrons. The molecule has 0 radical (unpaired) electrons. The second-order valence-electron chi connectivity index (χ2n) is 6.45. The molecule has 3 aromatic rings. The highest BCUT2D eigenvalue weighted by molar-refractivity contribution is 7.98. The summed E-state index contributed by atoms with van der Waals surface area (Å²) in [5, 5.41) is 21.1. The van der Waals surface area contributed by atoms with Crippen molar-refractivity contribution in [2.24, 2.45) is 0 Å². The fraction of sp³-hybridized carbons (Fsp3) is 0.190. The normalized spacial score (nSPS) is 10.4. The molecular weight excluding hydrogens is 420 g/mol. The van der Waals surface area contributed by atoms with Gasteiger partial charge in [0.2, 0.25) is 0 Å². The van der Waals surface area contributed by atoms with E-state index < -0.39 is 10.5 Å². The minimum atomic E-state index is -0.527. The summed E-state index contributed by atoms with van der Waals surface area (Å²) in [6.45, 7) is 1.73. The summed E-state index contributed by atoms with van der Waals surface area (Å²) in [5.41, 5.74) is 1.31. The molecule has 0 bridgehead atoms. The summed E-state index contributed by atoms with van der Waals surface area (Å²) >= 11 is 1.25. The second kappa shape index (κ2) is 9.32. The molecule has 3 rings (SSSR count). The van der Waals surface area contributed by atoms with E-state index in [9.17, 15) is 20.2 Å². The van der Waals surface area contributed by atoms with Crippen LogP contribution in [0.2, 0.25) is 0 Å². The number of hydrogen-bond donors (Lipinski definition) is 1. The molecule has 2 aromatic carbocycles. The Hall–Kier alpha value is -3.84. The van der Waals surface area contributed by atoms with Crippen molar-refractivity contribution in [3.63, 3.8) is 0 Å².